The van der Waals surface area contributed by atoms with Crippen LogP contribution in [0.1, 0.15) is 17.9 Å². The average Bonchev–Trinajstić information content (AvgIpc) is 2.97. The van der Waals surface area contributed by atoms with Crippen molar-refractivity contribution < 1.29 is 14.8 Å². The van der Waals surface area contributed by atoms with Crippen LogP contribution in [0.5, 0.6) is 0 Å². The third-order valence-electron chi connectivity index (χ3n) is 2.70. The Morgan fingerprint density at radius 3 is 2.75 bits per heavy atom. The number of carbonyl (C=O) groups is 1. The van der Waals surface area contributed by atoms with Gasteiger partial charge in [-0.3, -0.25) is 14.9 Å². The van der Waals surface area contributed by atoms with Gasteiger partial charge in [0.25, 0.3) is 5.69 Å². The van der Waals surface area contributed by atoms with Gasteiger partial charge in [-0.25, -0.2) is 0 Å². The molecule has 84 valence electrons. The van der Waals surface area contributed by atoms with Crippen molar-refractivity contribution in [3.63, 3.8) is 0 Å². The minimum atomic E-state index is -0.882. The molecule has 2 unspecified atom stereocenters. The Morgan fingerprint density at radius 2 is 2.25 bits per heavy atom. The van der Waals surface area contributed by atoms with E-state index in [0.29, 0.717) is 17.0 Å². The number of hydrogen-bond donors (Lipinski definition) is 1. The number of halogens is 1. The first-order chi connectivity index (χ1) is 7.50. The number of nitrogens with zero attached hydrogens (tertiary/aromatic N) is 1. The molecule has 1 saturated carbocycles. The third kappa shape index (κ3) is 1.86. The molecule has 16 heavy (non-hydrogen) atoms. The van der Waals surface area contributed by atoms with E-state index in [1.54, 1.807) is 0 Å². The summed E-state index contributed by atoms with van der Waals surface area (Å²) < 4.78 is 0. The van der Waals surface area contributed by atoms with Gasteiger partial charge in [-0.2, -0.15) is 0 Å². The quantitative estimate of drug-likeness (QED) is 0.651. The minimum absolute atomic E-state index is 0.0598. The fraction of sp³-hybridized carbons (Fsp3) is 0.300. The highest BCUT2D eigenvalue weighted by atomic mass is 35.5. The van der Waals surface area contributed by atoms with E-state index < -0.39 is 16.8 Å². The molecule has 0 aliphatic heterocycles. The van der Waals surface area contributed by atoms with Crippen molar-refractivity contribution >= 4 is 23.3 Å². The molecule has 0 aromatic heterocycles. The van der Waals surface area contributed by atoms with E-state index in [9.17, 15) is 14.9 Å². The summed E-state index contributed by atoms with van der Waals surface area (Å²) in [6.45, 7) is 0. The molecule has 0 heterocycles. The summed E-state index contributed by atoms with van der Waals surface area (Å²) in [5.74, 6) is -1.53. The second kappa shape index (κ2) is 3.75. The first kappa shape index (κ1) is 10.9. The number of hydrogen-bond acceptors (Lipinski definition) is 3. The molecule has 0 amide bonds. The number of benzene rings is 1. The lowest BCUT2D eigenvalue weighted by atomic mass is 10.1. The number of carboxylic acids is 1. The normalized spacial score (nSPS) is 22.8. The highest BCUT2D eigenvalue weighted by Gasteiger charge is 2.45. The van der Waals surface area contributed by atoms with E-state index in [1.807, 2.05) is 0 Å². The Bertz CT molecular complexity index is 474. The molecule has 1 aliphatic rings. The van der Waals surface area contributed by atoms with Crippen LogP contribution in [0.15, 0.2) is 18.2 Å². The molecule has 0 bridgehead atoms. The smallest absolute Gasteiger partial charge is 0.307 e. The number of non-ortho nitro benzene ring substituents is 1. The average molecular weight is 242 g/mol. The molecule has 1 aromatic carbocycles. The van der Waals surface area contributed by atoms with E-state index in [0.717, 1.165) is 0 Å². The summed E-state index contributed by atoms with van der Waals surface area (Å²) in [7, 11) is 0. The number of nitro benzene ring substituents is 1. The third-order valence-corrected chi connectivity index (χ3v) is 3.04. The van der Waals surface area contributed by atoms with Gasteiger partial charge in [0.15, 0.2) is 0 Å². The maximum absolute atomic E-state index is 10.7. The lowest BCUT2D eigenvalue weighted by molar-refractivity contribution is -0.384. The largest absolute Gasteiger partial charge is 0.481 e. The summed E-state index contributed by atoms with van der Waals surface area (Å²) >= 11 is 5.89. The Morgan fingerprint density at radius 1 is 1.56 bits per heavy atom. The molecule has 0 radical (unpaired) electrons. The van der Waals surface area contributed by atoms with Gasteiger partial charge >= 0.3 is 5.97 Å². The van der Waals surface area contributed by atoms with Crippen LogP contribution in [0.25, 0.3) is 0 Å². The molecule has 1 fully saturated rings. The van der Waals surface area contributed by atoms with Crippen LogP contribution >= 0.6 is 11.6 Å². The van der Waals surface area contributed by atoms with Crippen molar-refractivity contribution in [2.24, 2.45) is 5.92 Å². The number of nitro groups is 1. The fourth-order valence-corrected chi connectivity index (χ4v) is 2.00. The highest BCUT2D eigenvalue weighted by Crippen LogP contribution is 2.50. The summed E-state index contributed by atoms with van der Waals surface area (Å²) in [5.41, 5.74) is 0.499. The SMILES string of the molecule is O=C(O)C1CC1c1cc([N+](=O)[O-])ccc1Cl. The zero-order chi connectivity index (χ0) is 11.9. The van der Waals surface area contributed by atoms with Crippen molar-refractivity contribution in [1.29, 1.82) is 0 Å². The topological polar surface area (TPSA) is 80.4 Å². The molecule has 2 rings (SSSR count). The van der Waals surface area contributed by atoms with Crippen LogP contribution < -0.4 is 0 Å². The van der Waals surface area contributed by atoms with Gasteiger partial charge in [-0.1, -0.05) is 11.6 Å². The second-order valence-corrected chi connectivity index (χ2v) is 4.16. The lowest BCUT2D eigenvalue weighted by Gasteiger charge is -2.02. The maximum Gasteiger partial charge on any atom is 0.307 e. The van der Waals surface area contributed by atoms with Crippen molar-refractivity contribution in [1.82, 2.24) is 0 Å². The van der Waals surface area contributed by atoms with Crippen LogP contribution in [0, 0.1) is 16.0 Å². The molecule has 5 nitrogen and oxygen atoms in total. The molecule has 1 N–H and O–H groups in total. The summed E-state index contributed by atoms with van der Waals surface area (Å²) in [5, 5.41) is 19.7. The van der Waals surface area contributed by atoms with Crippen molar-refractivity contribution in [3.05, 3.63) is 38.9 Å². The van der Waals surface area contributed by atoms with Crippen LogP contribution in [-0.2, 0) is 4.79 Å². The zero-order valence-corrected chi connectivity index (χ0v) is 8.85. The van der Waals surface area contributed by atoms with E-state index in [-0.39, 0.29) is 11.6 Å². The van der Waals surface area contributed by atoms with Crippen LogP contribution in [0.3, 0.4) is 0 Å². The first-order valence-corrected chi connectivity index (χ1v) is 5.05. The number of rotatable bonds is 3. The van der Waals surface area contributed by atoms with Crippen LogP contribution in [-0.4, -0.2) is 16.0 Å². The van der Waals surface area contributed by atoms with Gasteiger partial charge in [0.1, 0.15) is 0 Å². The maximum atomic E-state index is 10.7. The van der Waals surface area contributed by atoms with Crippen molar-refractivity contribution in [2.75, 3.05) is 0 Å². The monoisotopic (exact) mass is 241 g/mol. The molecular weight excluding hydrogens is 234 g/mol. The van der Waals surface area contributed by atoms with E-state index in [2.05, 4.69) is 0 Å². The molecule has 2 atom stereocenters. The summed E-state index contributed by atoms with van der Waals surface area (Å²) in [6.07, 6.45) is 0.496. The summed E-state index contributed by atoms with van der Waals surface area (Å²) in [4.78, 5) is 20.8. The molecule has 1 aliphatic carbocycles. The molecule has 0 saturated heterocycles. The second-order valence-electron chi connectivity index (χ2n) is 3.75. The van der Waals surface area contributed by atoms with Crippen LogP contribution in [0.4, 0.5) is 5.69 Å². The Labute approximate surface area is 95.8 Å². The predicted octanol–water partition coefficient (Wildman–Crippen LogP) is 2.44. The van der Waals surface area contributed by atoms with Crippen molar-refractivity contribution in [2.45, 2.75) is 12.3 Å². The predicted molar refractivity (Wildman–Crippen MR) is 56.6 cm³/mol. The van der Waals surface area contributed by atoms with Gasteiger partial charge in [0.05, 0.1) is 10.8 Å². The first-order valence-electron chi connectivity index (χ1n) is 4.67. The molecule has 0 spiro atoms. The van der Waals surface area contributed by atoms with E-state index >= 15 is 0 Å². The Balaban J connectivity index is 2.31. The zero-order valence-electron chi connectivity index (χ0n) is 8.09. The Hall–Kier alpha value is -1.62. The lowest BCUT2D eigenvalue weighted by Crippen LogP contribution is -1.99. The molecule has 1 aromatic rings. The standard InChI is InChI=1S/C10H8ClNO4/c11-9-2-1-5(12(15)16)3-7(9)6-4-8(6)10(13)14/h1-3,6,8H,4H2,(H,13,14). The van der Waals surface area contributed by atoms with Gasteiger partial charge in [-0.05, 0) is 24.0 Å². The Kier molecular flexibility index (Phi) is 2.55. The highest BCUT2D eigenvalue weighted by molar-refractivity contribution is 6.31. The van der Waals surface area contributed by atoms with Crippen LogP contribution in [0.2, 0.25) is 5.02 Å². The van der Waals surface area contributed by atoms with E-state index in [1.165, 1.54) is 18.2 Å². The van der Waals surface area contributed by atoms with E-state index in [4.69, 9.17) is 16.7 Å². The molecule has 6 heteroatoms. The van der Waals surface area contributed by atoms with Crippen molar-refractivity contribution in [3.8, 4) is 0 Å². The fourth-order valence-electron chi connectivity index (χ4n) is 1.74. The molecular formula is C10H8ClNO4. The minimum Gasteiger partial charge on any atom is -0.481 e. The van der Waals surface area contributed by atoms with Gasteiger partial charge < -0.3 is 5.11 Å². The van der Waals surface area contributed by atoms with Gasteiger partial charge in [-0.15, -0.1) is 0 Å². The summed E-state index contributed by atoms with van der Waals surface area (Å²) in [6, 6.07) is 4.10. The van der Waals surface area contributed by atoms with Gasteiger partial charge in [0, 0.05) is 17.2 Å². The number of aliphatic carboxylic acids is 1. The van der Waals surface area contributed by atoms with Gasteiger partial charge in [0.2, 0.25) is 0 Å². The number of carboxylic acid groups (broad SMARTS) is 1.